The number of nitrogens with one attached hydrogen (secondary N) is 1. The summed E-state index contributed by atoms with van der Waals surface area (Å²) in [7, 11) is 0. The minimum Gasteiger partial charge on any atom is -0.489 e. The lowest BCUT2D eigenvalue weighted by Gasteiger charge is -2.15. The number of hydrogen-bond acceptors (Lipinski definition) is 2. The Hall–Kier alpha value is -1.28. The van der Waals surface area contributed by atoms with Crippen LogP contribution in [0.4, 0.5) is 0 Å². The van der Waals surface area contributed by atoms with E-state index in [1.54, 1.807) is 0 Å². The van der Waals surface area contributed by atoms with Crippen molar-refractivity contribution in [1.29, 1.82) is 0 Å². The molecule has 0 heterocycles. The molecule has 1 N–H and O–H groups in total. The standard InChI is InChI=1S/C15H23NO/c1-6-16-9-11(2)10-17-15-13(4)8-7-12(3)14(15)5/h7-8,16H,2,6,9-10H2,1,3-5H3. The summed E-state index contributed by atoms with van der Waals surface area (Å²) in [6.07, 6.45) is 0. The second kappa shape index (κ2) is 6.45. The van der Waals surface area contributed by atoms with Crippen molar-refractivity contribution < 1.29 is 4.74 Å². The first-order valence-corrected chi connectivity index (χ1v) is 6.13. The van der Waals surface area contributed by atoms with E-state index in [-0.39, 0.29) is 0 Å². The molecule has 1 aromatic rings. The predicted molar refractivity (Wildman–Crippen MR) is 73.8 cm³/mol. The molecule has 0 aromatic heterocycles. The monoisotopic (exact) mass is 233 g/mol. The maximum Gasteiger partial charge on any atom is 0.125 e. The quantitative estimate of drug-likeness (QED) is 0.762. The van der Waals surface area contributed by atoms with Crippen molar-refractivity contribution in [3.05, 3.63) is 41.0 Å². The lowest BCUT2D eigenvalue weighted by molar-refractivity contribution is 0.343. The SMILES string of the molecule is C=C(CNCC)COc1c(C)ccc(C)c1C. The van der Waals surface area contributed by atoms with Crippen LogP contribution < -0.4 is 10.1 Å². The molecular weight excluding hydrogens is 210 g/mol. The number of aryl methyl sites for hydroxylation is 2. The van der Waals surface area contributed by atoms with E-state index in [2.05, 4.69) is 51.7 Å². The zero-order valence-electron chi connectivity index (χ0n) is 11.4. The van der Waals surface area contributed by atoms with Gasteiger partial charge in [-0.1, -0.05) is 25.6 Å². The fourth-order valence-electron chi connectivity index (χ4n) is 1.67. The maximum atomic E-state index is 5.87. The van der Waals surface area contributed by atoms with Crippen LogP contribution in [0, 0.1) is 20.8 Å². The summed E-state index contributed by atoms with van der Waals surface area (Å²) in [5, 5.41) is 3.25. The fourth-order valence-corrected chi connectivity index (χ4v) is 1.67. The largest absolute Gasteiger partial charge is 0.489 e. The van der Waals surface area contributed by atoms with Crippen LogP contribution in [-0.2, 0) is 0 Å². The lowest BCUT2D eigenvalue weighted by atomic mass is 10.1. The van der Waals surface area contributed by atoms with Crippen molar-refractivity contribution in [2.45, 2.75) is 27.7 Å². The summed E-state index contributed by atoms with van der Waals surface area (Å²) in [6.45, 7) is 14.7. The van der Waals surface area contributed by atoms with Gasteiger partial charge >= 0.3 is 0 Å². The number of hydrogen-bond donors (Lipinski definition) is 1. The van der Waals surface area contributed by atoms with Gasteiger partial charge in [-0.2, -0.15) is 0 Å². The molecule has 0 fully saturated rings. The molecule has 0 aliphatic carbocycles. The summed E-state index contributed by atoms with van der Waals surface area (Å²) >= 11 is 0. The van der Waals surface area contributed by atoms with Gasteiger partial charge in [0.2, 0.25) is 0 Å². The maximum absolute atomic E-state index is 5.87. The molecule has 1 aromatic carbocycles. The average Bonchev–Trinajstić information content (AvgIpc) is 2.31. The molecule has 0 bridgehead atoms. The van der Waals surface area contributed by atoms with E-state index >= 15 is 0 Å². The molecule has 1 rings (SSSR count). The van der Waals surface area contributed by atoms with Crippen LogP contribution in [0.2, 0.25) is 0 Å². The molecule has 0 aliphatic heterocycles. The first-order chi connectivity index (χ1) is 8.06. The van der Waals surface area contributed by atoms with Gasteiger partial charge in [0.1, 0.15) is 12.4 Å². The molecule has 0 aliphatic rings. The third-order valence-corrected chi connectivity index (χ3v) is 2.92. The Morgan fingerprint density at radius 2 is 1.88 bits per heavy atom. The van der Waals surface area contributed by atoms with Crippen LogP contribution in [0.15, 0.2) is 24.3 Å². The van der Waals surface area contributed by atoms with Gasteiger partial charge in [0.25, 0.3) is 0 Å². The minimum atomic E-state index is 0.581. The van der Waals surface area contributed by atoms with E-state index in [1.807, 2.05) is 0 Å². The Morgan fingerprint density at radius 1 is 1.24 bits per heavy atom. The highest BCUT2D eigenvalue weighted by atomic mass is 16.5. The van der Waals surface area contributed by atoms with Gasteiger partial charge in [-0.15, -0.1) is 0 Å². The smallest absolute Gasteiger partial charge is 0.125 e. The van der Waals surface area contributed by atoms with E-state index in [0.29, 0.717) is 6.61 Å². The van der Waals surface area contributed by atoms with E-state index in [1.165, 1.54) is 16.7 Å². The zero-order chi connectivity index (χ0) is 12.8. The van der Waals surface area contributed by atoms with Gasteiger partial charge in [-0.3, -0.25) is 0 Å². The Morgan fingerprint density at radius 3 is 2.53 bits per heavy atom. The Kier molecular flexibility index (Phi) is 5.23. The van der Waals surface area contributed by atoms with E-state index in [9.17, 15) is 0 Å². The predicted octanol–water partition coefficient (Wildman–Crippen LogP) is 3.16. The van der Waals surface area contributed by atoms with Crippen molar-refractivity contribution in [2.24, 2.45) is 0 Å². The molecule has 94 valence electrons. The van der Waals surface area contributed by atoms with Crippen molar-refractivity contribution in [2.75, 3.05) is 19.7 Å². The molecule has 0 radical (unpaired) electrons. The van der Waals surface area contributed by atoms with Gasteiger partial charge in [0.15, 0.2) is 0 Å². The topological polar surface area (TPSA) is 21.3 Å². The molecule has 0 saturated heterocycles. The Labute approximate surface area is 105 Å². The van der Waals surface area contributed by atoms with Crippen molar-refractivity contribution in [3.8, 4) is 5.75 Å². The Bertz CT molecular complexity index is 396. The number of likely N-dealkylation sites (N-methyl/N-ethyl adjacent to an activating group) is 1. The van der Waals surface area contributed by atoms with Crippen LogP contribution in [-0.4, -0.2) is 19.7 Å². The second-order valence-electron chi connectivity index (χ2n) is 4.47. The summed E-state index contributed by atoms with van der Waals surface area (Å²) in [5.41, 5.74) is 4.75. The molecule has 0 saturated carbocycles. The van der Waals surface area contributed by atoms with Crippen LogP contribution >= 0.6 is 0 Å². The number of rotatable bonds is 6. The minimum absolute atomic E-state index is 0.581. The van der Waals surface area contributed by atoms with Crippen molar-refractivity contribution >= 4 is 0 Å². The van der Waals surface area contributed by atoms with Gasteiger partial charge in [0.05, 0.1) is 0 Å². The Balaban J connectivity index is 2.63. The lowest BCUT2D eigenvalue weighted by Crippen LogP contribution is -2.19. The van der Waals surface area contributed by atoms with E-state index < -0.39 is 0 Å². The van der Waals surface area contributed by atoms with Crippen molar-refractivity contribution in [1.82, 2.24) is 5.32 Å². The molecular formula is C15H23NO. The summed E-state index contributed by atoms with van der Waals surface area (Å²) in [4.78, 5) is 0. The number of benzene rings is 1. The summed E-state index contributed by atoms with van der Waals surface area (Å²) in [5.74, 6) is 1.00. The van der Waals surface area contributed by atoms with Crippen LogP contribution in [0.25, 0.3) is 0 Å². The van der Waals surface area contributed by atoms with E-state index in [4.69, 9.17) is 4.74 Å². The van der Waals surface area contributed by atoms with Gasteiger partial charge < -0.3 is 10.1 Å². The first kappa shape index (κ1) is 13.8. The first-order valence-electron chi connectivity index (χ1n) is 6.13. The highest BCUT2D eigenvalue weighted by Crippen LogP contribution is 2.25. The summed E-state index contributed by atoms with van der Waals surface area (Å²) in [6, 6.07) is 4.23. The van der Waals surface area contributed by atoms with Crippen LogP contribution in [0.1, 0.15) is 23.6 Å². The average molecular weight is 233 g/mol. The van der Waals surface area contributed by atoms with E-state index in [0.717, 1.165) is 24.4 Å². The fraction of sp³-hybridized carbons (Fsp3) is 0.467. The highest BCUT2D eigenvalue weighted by Gasteiger charge is 2.06. The van der Waals surface area contributed by atoms with Gasteiger partial charge in [0, 0.05) is 6.54 Å². The molecule has 2 heteroatoms. The second-order valence-corrected chi connectivity index (χ2v) is 4.47. The van der Waals surface area contributed by atoms with Gasteiger partial charge in [-0.05, 0) is 49.6 Å². The third-order valence-electron chi connectivity index (χ3n) is 2.92. The third kappa shape index (κ3) is 3.90. The molecule has 0 unspecified atom stereocenters. The molecule has 0 spiro atoms. The molecule has 0 atom stereocenters. The summed E-state index contributed by atoms with van der Waals surface area (Å²) < 4.78 is 5.87. The van der Waals surface area contributed by atoms with Crippen molar-refractivity contribution in [3.63, 3.8) is 0 Å². The molecule has 17 heavy (non-hydrogen) atoms. The number of ether oxygens (including phenoxy) is 1. The van der Waals surface area contributed by atoms with Crippen LogP contribution in [0.3, 0.4) is 0 Å². The van der Waals surface area contributed by atoms with Crippen LogP contribution in [0.5, 0.6) is 5.75 Å². The van der Waals surface area contributed by atoms with Gasteiger partial charge in [-0.25, -0.2) is 0 Å². The molecule has 2 nitrogen and oxygen atoms in total. The normalized spacial score (nSPS) is 10.4. The molecule has 0 amide bonds. The highest BCUT2D eigenvalue weighted by molar-refractivity contribution is 5.44. The zero-order valence-corrected chi connectivity index (χ0v) is 11.4.